The number of benzene rings is 2. The Morgan fingerprint density at radius 2 is 1.88 bits per heavy atom. The van der Waals surface area contributed by atoms with Crippen LogP contribution >= 0.6 is 0 Å². The number of carbonyl (C=O) groups is 1. The number of rotatable bonds is 6. The van der Waals surface area contributed by atoms with Crippen molar-refractivity contribution in [1.29, 1.82) is 5.26 Å². The molecule has 2 aromatic carbocycles. The number of anilines is 1. The Morgan fingerprint density at radius 1 is 1.19 bits per heavy atom. The van der Waals surface area contributed by atoms with Crippen LogP contribution in [0.4, 0.5) is 5.69 Å². The Balaban J connectivity index is 1.31. The van der Waals surface area contributed by atoms with E-state index >= 15 is 0 Å². The summed E-state index contributed by atoms with van der Waals surface area (Å²) in [5.74, 6) is 0.734. The summed E-state index contributed by atoms with van der Waals surface area (Å²) in [5, 5.41) is 11.7. The van der Waals surface area contributed by atoms with Crippen LogP contribution in [0.25, 0.3) is 0 Å². The first-order valence-corrected chi connectivity index (χ1v) is 12.7. The molecule has 4 rings (SSSR count). The second-order valence-corrected chi connectivity index (χ2v) is 11.0. The number of piperidine rings is 1. The van der Waals surface area contributed by atoms with Crippen molar-refractivity contribution >= 4 is 21.4 Å². The molecular weight excluding hydrogens is 426 g/mol. The highest BCUT2D eigenvalue weighted by Gasteiger charge is 2.48. The molecule has 7 nitrogen and oxygen atoms in total. The van der Waals surface area contributed by atoms with Crippen molar-refractivity contribution in [1.82, 2.24) is 4.90 Å². The van der Waals surface area contributed by atoms with Gasteiger partial charge in [0, 0.05) is 18.5 Å². The van der Waals surface area contributed by atoms with Gasteiger partial charge in [0.2, 0.25) is 5.91 Å². The zero-order valence-corrected chi connectivity index (χ0v) is 19.1. The maximum absolute atomic E-state index is 12.8. The first-order valence-electron chi connectivity index (χ1n) is 10.7. The standard InChI is InChI=1S/C24H27N3O4S/c1-17(32(2,29)30)19-4-6-20(7-5-19)31-14-13-27-11-9-24(10-12-27)21-15-18(16-25)3-8-22(21)26-23(24)28/h3-8,15,17H,9-14H2,1-2H3,(H,26,28)/t17-/m1/s1. The average molecular weight is 454 g/mol. The van der Waals surface area contributed by atoms with Crippen LogP contribution in [0.2, 0.25) is 0 Å². The van der Waals surface area contributed by atoms with E-state index in [4.69, 9.17) is 4.74 Å². The molecule has 0 unspecified atom stereocenters. The number of amides is 1. The van der Waals surface area contributed by atoms with Gasteiger partial charge in [-0.1, -0.05) is 12.1 Å². The van der Waals surface area contributed by atoms with E-state index in [9.17, 15) is 18.5 Å². The Hall–Kier alpha value is -2.89. The molecule has 2 aromatic rings. The van der Waals surface area contributed by atoms with Crippen LogP contribution in [0.1, 0.15) is 41.7 Å². The van der Waals surface area contributed by atoms with E-state index < -0.39 is 20.5 Å². The van der Waals surface area contributed by atoms with Crippen molar-refractivity contribution in [2.24, 2.45) is 0 Å². The smallest absolute Gasteiger partial charge is 0.235 e. The Morgan fingerprint density at radius 3 is 2.50 bits per heavy atom. The third kappa shape index (κ3) is 4.23. The summed E-state index contributed by atoms with van der Waals surface area (Å²) in [6, 6.07) is 14.8. The number of nitrogens with one attached hydrogen (secondary N) is 1. The van der Waals surface area contributed by atoms with E-state index in [-0.39, 0.29) is 5.91 Å². The van der Waals surface area contributed by atoms with Gasteiger partial charge in [0.1, 0.15) is 12.4 Å². The monoisotopic (exact) mass is 453 g/mol. The topological polar surface area (TPSA) is 99.5 Å². The van der Waals surface area contributed by atoms with Gasteiger partial charge in [-0.05, 0) is 74.3 Å². The van der Waals surface area contributed by atoms with Gasteiger partial charge < -0.3 is 10.1 Å². The molecule has 1 amide bonds. The lowest BCUT2D eigenvalue weighted by Crippen LogP contribution is -2.47. The van der Waals surface area contributed by atoms with Gasteiger partial charge in [-0.3, -0.25) is 9.69 Å². The van der Waals surface area contributed by atoms with Crippen LogP contribution in [-0.4, -0.2) is 51.7 Å². The molecule has 32 heavy (non-hydrogen) atoms. The van der Waals surface area contributed by atoms with Gasteiger partial charge in [0.15, 0.2) is 9.84 Å². The highest BCUT2D eigenvalue weighted by atomic mass is 32.2. The molecule has 1 spiro atoms. The number of nitriles is 1. The minimum atomic E-state index is -3.13. The second-order valence-electron chi connectivity index (χ2n) is 8.64. The predicted molar refractivity (Wildman–Crippen MR) is 122 cm³/mol. The minimum absolute atomic E-state index is 0.0295. The molecule has 0 saturated carbocycles. The third-order valence-corrected chi connectivity index (χ3v) is 8.28. The molecule has 1 fully saturated rings. The third-order valence-electron chi connectivity index (χ3n) is 6.72. The molecular formula is C24H27N3O4S. The fourth-order valence-corrected chi connectivity index (χ4v) is 5.16. The molecule has 2 aliphatic heterocycles. The first-order chi connectivity index (χ1) is 15.2. The summed E-state index contributed by atoms with van der Waals surface area (Å²) in [5.41, 5.74) is 2.54. The highest BCUT2D eigenvalue weighted by Crippen LogP contribution is 2.45. The van der Waals surface area contributed by atoms with Crippen LogP contribution < -0.4 is 10.1 Å². The second kappa shape index (κ2) is 8.57. The van der Waals surface area contributed by atoms with Crippen LogP contribution in [0.3, 0.4) is 0 Å². The van der Waals surface area contributed by atoms with E-state index in [1.54, 1.807) is 37.3 Å². The normalized spacial score (nSPS) is 18.6. The summed E-state index contributed by atoms with van der Waals surface area (Å²) < 4.78 is 29.3. The number of hydrogen-bond donors (Lipinski definition) is 1. The van der Waals surface area contributed by atoms with Crippen molar-refractivity contribution < 1.29 is 17.9 Å². The lowest BCUT2D eigenvalue weighted by Gasteiger charge is -2.37. The molecule has 0 radical (unpaired) electrons. The van der Waals surface area contributed by atoms with Gasteiger partial charge in [-0.2, -0.15) is 5.26 Å². The van der Waals surface area contributed by atoms with Gasteiger partial charge >= 0.3 is 0 Å². The van der Waals surface area contributed by atoms with E-state index in [1.165, 1.54) is 6.26 Å². The van der Waals surface area contributed by atoms with Crippen LogP contribution in [0.5, 0.6) is 5.75 Å². The van der Waals surface area contributed by atoms with E-state index in [0.29, 0.717) is 30.8 Å². The molecule has 8 heteroatoms. The summed E-state index contributed by atoms with van der Waals surface area (Å²) in [7, 11) is -3.13. The number of sulfone groups is 1. The lowest BCUT2D eigenvalue weighted by molar-refractivity contribution is -0.122. The van der Waals surface area contributed by atoms with Gasteiger partial charge in [-0.25, -0.2) is 8.42 Å². The molecule has 2 heterocycles. The number of carbonyl (C=O) groups excluding carboxylic acids is 1. The molecule has 0 aliphatic carbocycles. The number of hydrogen-bond acceptors (Lipinski definition) is 6. The predicted octanol–water partition coefficient (Wildman–Crippen LogP) is 3.03. The maximum atomic E-state index is 12.8. The number of fused-ring (bicyclic) bond motifs is 2. The van der Waals surface area contributed by atoms with Crippen molar-refractivity contribution in [2.75, 3.05) is 37.8 Å². The minimum Gasteiger partial charge on any atom is -0.492 e. The van der Waals surface area contributed by atoms with E-state index in [2.05, 4.69) is 16.3 Å². The molecule has 1 saturated heterocycles. The zero-order chi connectivity index (χ0) is 22.9. The van der Waals surface area contributed by atoms with Gasteiger partial charge in [-0.15, -0.1) is 0 Å². The van der Waals surface area contributed by atoms with Crippen LogP contribution in [0, 0.1) is 11.3 Å². The van der Waals surface area contributed by atoms with Crippen LogP contribution in [0.15, 0.2) is 42.5 Å². The van der Waals surface area contributed by atoms with Gasteiger partial charge in [0.05, 0.1) is 22.3 Å². The van der Waals surface area contributed by atoms with E-state index in [0.717, 1.165) is 36.4 Å². The maximum Gasteiger partial charge on any atom is 0.235 e. The molecule has 1 N–H and O–H groups in total. The summed E-state index contributed by atoms with van der Waals surface area (Å²) in [6.45, 7) is 4.48. The van der Waals surface area contributed by atoms with Gasteiger partial charge in [0.25, 0.3) is 0 Å². The Kier molecular flexibility index (Phi) is 5.97. The fraction of sp³-hybridized carbons (Fsp3) is 0.417. The molecule has 2 aliphatic rings. The fourth-order valence-electron chi connectivity index (χ4n) is 4.51. The molecule has 0 bridgehead atoms. The van der Waals surface area contributed by atoms with E-state index in [1.807, 2.05) is 12.1 Å². The summed E-state index contributed by atoms with van der Waals surface area (Å²) >= 11 is 0. The molecule has 1 atom stereocenters. The van der Waals surface area contributed by atoms with Crippen molar-refractivity contribution in [2.45, 2.75) is 30.4 Å². The lowest BCUT2D eigenvalue weighted by atomic mass is 9.73. The van der Waals surface area contributed by atoms with Crippen molar-refractivity contribution in [3.8, 4) is 11.8 Å². The molecule has 168 valence electrons. The summed E-state index contributed by atoms with van der Waals surface area (Å²) in [6.07, 6.45) is 2.65. The van der Waals surface area contributed by atoms with Crippen LogP contribution in [-0.2, 0) is 20.0 Å². The average Bonchev–Trinajstić information content (AvgIpc) is 3.05. The largest absolute Gasteiger partial charge is 0.492 e. The number of ether oxygens (including phenoxy) is 1. The SMILES string of the molecule is C[C@H](c1ccc(OCCN2CCC3(CC2)C(=O)Nc2ccc(C#N)cc23)cc1)S(C)(=O)=O. The summed E-state index contributed by atoms with van der Waals surface area (Å²) in [4.78, 5) is 15.1. The number of nitrogens with zero attached hydrogens (tertiary/aromatic N) is 2. The Labute approximate surface area is 188 Å². The first kappa shape index (κ1) is 22.3. The quantitative estimate of drug-likeness (QED) is 0.722. The van der Waals surface area contributed by atoms with Crippen molar-refractivity contribution in [3.05, 3.63) is 59.2 Å². The highest BCUT2D eigenvalue weighted by molar-refractivity contribution is 7.90. The Bertz CT molecular complexity index is 1160. The zero-order valence-electron chi connectivity index (χ0n) is 18.3. The number of likely N-dealkylation sites (tertiary alicyclic amines) is 1. The van der Waals surface area contributed by atoms with Crippen molar-refractivity contribution in [3.63, 3.8) is 0 Å². The molecule has 0 aromatic heterocycles.